The minimum atomic E-state index is 0.458. The molecule has 0 saturated carbocycles. The SMILES string of the molecule is C=CCNC(=S)N/N=C/c1cncc(Br)c1. The van der Waals surface area contributed by atoms with E-state index in [1.807, 2.05) is 6.07 Å². The van der Waals surface area contributed by atoms with E-state index in [2.05, 4.69) is 43.3 Å². The van der Waals surface area contributed by atoms with Crippen molar-refractivity contribution < 1.29 is 0 Å². The first kappa shape index (κ1) is 12.8. The Hall–Kier alpha value is -1.27. The fourth-order valence-corrected chi connectivity index (χ4v) is 1.39. The van der Waals surface area contributed by atoms with Gasteiger partial charge in [-0.25, -0.2) is 0 Å². The molecule has 0 aromatic carbocycles. The molecule has 0 atom stereocenters. The average Bonchev–Trinajstić information content (AvgIpc) is 2.26. The highest BCUT2D eigenvalue weighted by Crippen LogP contribution is 2.07. The molecule has 0 aliphatic carbocycles. The summed E-state index contributed by atoms with van der Waals surface area (Å²) in [7, 11) is 0. The predicted octanol–water partition coefficient (Wildman–Crippen LogP) is 1.83. The Morgan fingerprint density at radius 1 is 1.62 bits per heavy atom. The van der Waals surface area contributed by atoms with Crippen molar-refractivity contribution in [3.05, 3.63) is 41.2 Å². The standard InChI is InChI=1S/C10H11BrN4S/c1-2-3-13-10(16)15-14-6-8-4-9(11)7-12-5-8/h2,4-7H,1,3H2,(H2,13,15,16)/b14-6+. The lowest BCUT2D eigenvalue weighted by atomic mass is 10.3. The lowest BCUT2D eigenvalue weighted by Gasteiger charge is -2.02. The zero-order valence-electron chi connectivity index (χ0n) is 8.48. The lowest BCUT2D eigenvalue weighted by molar-refractivity contribution is 0.941. The number of hydrogen-bond donors (Lipinski definition) is 2. The minimum absolute atomic E-state index is 0.458. The Labute approximate surface area is 108 Å². The monoisotopic (exact) mass is 298 g/mol. The molecule has 6 heteroatoms. The van der Waals surface area contributed by atoms with Gasteiger partial charge in [-0.3, -0.25) is 10.4 Å². The van der Waals surface area contributed by atoms with Gasteiger partial charge in [-0.1, -0.05) is 6.08 Å². The van der Waals surface area contributed by atoms with E-state index in [-0.39, 0.29) is 0 Å². The minimum Gasteiger partial charge on any atom is -0.358 e. The van der Waals surface area contributed by atoms with Crippen LogP contribution < -0.4 is 10.7 Å². The van der Waals surface area contributed by atoms with Gasteiger partial charge in [0.05, 0.1) is 6.21 Å². The third kappa shape index (κ3) is 4.99. The molecule has 16 heavy (non-hydrogen) atoms. The number of halogens is 1. The summed E-state index contributed by atoms with van der Waals surface area (Å²) in [5, 5.41) is 7.31. The summed E-state index contributed by atoms with van der Waals surface area (Å²) in [6, 6.07) is 1.90. The van der Waals surface area contributed by atoms with Gasteiger partial charge in [0.15, 0.2) is 5.11 Å². The second kappa shape index (κ2) is 7.08. The highest BCUT2D eigenvalue weighted by atomic mass is 79.9. The van der Waals surface area contributed by atoms with Crippen molar-refractivity contribution in [1.29, 1.82) is 0 Å². The number of pyridine rings is 1. The Kier molecular flexibility index (Phi) is 5.66. The Morgan fingerprint density at radius 2 is 2.44 bits per heavy atom. The molecule has 0 radical (unpaired) electrons. The Balaban J connectivity index is 2.42. The van der Waals surface area contributed by atoms with Crippen LogP contribution in [-0.4, -0.2) is 22.9 Å². The number of hydrogen-bond acceptors (Lipinski definition) is 3. The summed E-state index contributed by atoms with van der Waals surface area (Å²) in [5.74, 6) is 0. The first-order valence-electron chi connectivity index (χ1n) is 4.50. The molecule has 0 amide bonds. The molecule has 4 nitrogen and oxygen atoms in total. The quantitative estimate of drug-likeness (QED) is 0.385. The second-order valence-corrected chi connectivity index (χ2v) is 4.13. The highest BCUT2D eigenvalue weighted by molar-refractivity contribution is 9.10. The molecule has 2 N–H and O–H groups in total. The summed E-state index contributed by atoms with van der Waals surface area (Å²) in [5.41, 5.74) is 3.57. The van der Waals surface area contributed by atoms with Crippen molar-refractivity contribution in [3.63, 3.8) is 0 Å². The van der Waals surface area contributed by atoms with Crippen molar-refractivity contribution in [1.82, 2.24) is 15.7 Å². The van der Waals surface area contributed by atoms with Gasteiger partial charge >= 0.3 is 0 Å². The molecule has 0 fully saturated rings. The summed E-state index contributed by atoms with van der Waals surface area (Å²) in [4.78, 5) is 4.00. The molecule has 1 heterocycles. The van der Waals surface area contributed by atoms with Gasteiger partial charge < -0.3 is 5.32 Å². The van der Waals surface area contributed by atoms with Crippen LogP contribution in [-0.2, 0) is 0 Å². The van der Waals surface area contributed by atoms with E-state index in [4.69, 9.17) is 12.2 Å². The van der Waals surface area contributed by atoms with Crippen LogP contribution in [0.2, 0.25) is 0 Å². The summed E-state index contributed by atoms with van der Waals surface area (Å²) < 4.78 is 0.906. The maximum Gasteiger partial charge on any atom is 0.187 e. The molecular formula is C10H11BrN4S. The largest absolute Gasteiger partial charge is 0.358 e. The van der Waals surface area contributed by atoms with E-state index >= 15 is 0 Å². The van der Waals surface area contributed by atoms with E-state index in [0.29, 0.717) is 11.7 Å². The van der Waals surface area contributed by atoms with Crippen LogP contribution in [0.1, 0.15) is 5.56 Å². The normalized spacial score (nSPS) is 10.1. The van der Waals surface area contributed by atoms with Crippen molar-refractivity contribution in [2.24, 2.45) is 5.10 Å². The van der Waals surface area contributed by atoms with E-state index in [9.17, 15) is 0 Å². The number of aromatic nitrogens is 1. The fraction of sp³-hybridized carbons (Fsp3) is 0.100. The highest BCUT2D eigenvalue weighted by Gasteiger charge is 1.91. The summed E-state index contributed by atoms with van der Waals surface area (Å²) in [6.07, 6.45) is 6.77. The number of thiocarbonyl (C=S) groups is 1. The topological polar surface area (TPSA) is 49.3 Å². The van der Waals surface area contributed by atoms with Gasteiger partial charge in [0.1, 0.15) is 0 Å². The number of rotatable bonds is 4. The number of hydrazone groups is 1. The Bertz CT molecular complexity index is 406. The van der Waals surface area contributed by atoms with Crippen molar-refractivity contribution in [2.75, 3.05) is 6.54 Å². The van der Waals surface area contributed by atoms with Gasteiger partial charge in [0.25, 0.3) is 0 Å². The first-order valence-corrected chi connectivity index (χ1v) is 5.71. The molecule has 0 saturated heterocycles. The molecule has 0 spiro atoms. The average molecular weight is 299 g/mol. The van der Waals surface area contributed by atoms with Gasteiger partial charge in [0.2, 0.25) is 0 Å². The third-order valence-electron chi connectivity index (χ3n) is 1.51. The smallest absolute Gasteiger partial charge is 0.187 e. The number of nitrogens with one attached hydrogen (secondary N) is 2. The maximum absolute atomic E-state index is 4.95. The van der Waals surface area contributed by atoms with Crippen LogP contribution in [0, 0.1) is 0 Å². The van der Waals surface area contributed by atoms with E-state index in [1.54, 1.807) is 24.7 Å². The van der Waals surface area contributed by atoms with Crippen LogP contribution in [0.5, 0.6) is 0 Å². The molecule has 0 aliphatic rings. The summed E-state index contributed by atoms with van der Waals surface area (Å²) in [6.45, 7) is 4.18. The number of nitrogens with zero attached hydrogens (tertiary/aromatic N) is 2. The zero-order chi connectivity index (χ0) is 11.8. The second-order valence-electron chi connectivity index (χ2n) is 2.81. The van der Waals surface area contributed by atoms with Gasteiger partial charge in [-0.05, 0) is 34.2 Å². The predicted molar refractivity (Wildman–Crippen MR) is 73.5 cm³/mol. The molecule has 0 unspecified atom stereocenters. The summed E-state index contributed by atoms with van der Waals surface area (Å²) >= 11 is 8.28. The molecule has 1 aromatic heterocycles. The third-order valence-corrected chi connectivity index (χ3v) is 2.18. The Morgan fingerprint density at radius 3 is 3.12 bits per heavy atom. The van der Waals surface area contributed by atoms with Gasteiger partial charge in [-0.2, -0.15) is 5.10 Å². The van der Waals surface area contributed by atoms with Gasteiger partial charge in [0, 0.05) is 29.0 Å². The van der Waals surface area contributed by atoms with Crippen LogP contribution >= 0.6 is 28.1 Å². The van der Waals surface area contributed by atoms with E-state index in [0.717, 1.165) is 10.0 Å². The first-order chi connectivity index (χ1) is 7.72. The molecule has 0 bridgehead atoms. The van der Waals surface area contributed by atoms with Gasteiger partial charge in [-0.15, -0.1) is 6.58 Å². The van der Waals surface area contributed by atoms with Crippen molar-refractivity contribution in [3.8, 4) is 0 Å². The van der Waals surface area contributed by atoms with Crippen LogP contribution in [0.25, 0.3) is 0 Å². The molecular weight excluding hydrogens is 288 g/mol. The van der Waals surface area contributed by atoms with Crippen molar-refractivity contribution >= 4 is 39.5 Å². The van der Waals surface area contributed by atoms with E-state index in [1.165, 1.54) is 0 Å². The van der Waals surface area contributed by atoms with Crippen LogP contribution in [0.3, 0.4) is 0 Å². The zero-order valence-corrected chi connectivity index (χ0v) is 10.9. The fourth-order valence-electron chi connectivity index (χ4n) is 0.869. The van der Waals surface area contributed by atoms with E-state index < -0.39 is 0 Å². The lowest BCUT2D eigenvalue weighted by Crippen LogP contribution is -2.31. The van der Waals surface area contributed by atoms with Crippen molar-refractivity contribution in [2.45, 2.75) is 0 Å². The molecule has 0 aliphatic heterocycles. The molecule has 84 valence electrons. The van der Waals surface area contributed by atoms with Crippen LogP contribution in [0.15, 0.2) is 40.7 Å². The van der Waals surface area contributed by atoms with Crippen LogP contribution in [0.4, 0.5) is 0 Å². The molecule has 1 rings (SSSR count). The molecule has 1 aromatic rings. The maximum atomic E-state index is 4.95.